The highest BCUT2D eigenvalue weighted by Gasteiger charge is 2.09. The van der Waals surface area contributed by atoms with Gasteiger partial charge in [-0.2, -0.15) is 0 Å². The van der Waals surface area contributed by atoms with Crippen molar-refractivity contribution in [1.82, 2.24) is 9.97 Å². The molecule has 22 heavy (non-hydrogen) atoms. The molecule has 0 fully saturated rings. The Bertz CT molecular complexity index is 782. The number of rotatable bonds is 4. The van der Waals surface area contributed by atoms with Crippen molar-refractivity contribution in [3.8, 4) is 11.4 Å². The molecule has 1 heterocycles. The zero-order chi connectivity index (χ0) is 15.5. The van der Waals surface area contributed by atoms with Crippen molar-refractivity contribution < 1.29 is 4.39 Å². The van der Waals surface area contributed by atoms with E-state index in [2.05, 4.69) is 29.1 Å². The second-order valence-corrected chi connectivity index (χ2v) is 5.69. The molecule has 0 bridgehead atoms. The fourth-order valence-corrected chi connectivity index (χ4v) is 2.24. The number of nitrogens with one attached hydrogen (secondary N) is 1. The number of benzene rings is 2. The van der Waals surface area contributed by atoms with Gasteiger partial charge in [0.2, 0.25) is 0 Å². The molecule has 0 spiro atoms. The standard InChI is InChI=1S/C18H18FN3/c1-12(2)11-20-18-15-5-3-4-6-16(15)21-17(22-18)13-7-9-14(19)10-8-13/h3-10,12H,11H2,1-2H3,(H,20,21,22). The Morgan fingerprint density at radius 2 is 1.73 bits per heavy atom. The summed E-state index contributed by atoms with van der Waals surface area (Å²) >= 11 is 0. The first-order valence-corrected chi connectivity index (χ1v) is 7.40. The summed E-state index contributed by atoms with van der Waals surface area (Å²) < 4.78 is 13.1. The Morgan fingerprint density at radius 1 is 1.00 bits per heavy atom. The van der Waals surface area contributed by atoms with Crippen molar-refractivity contribution >= 4 is 16.7 Å². The minimum Gasteiger partial charge on any atom is -0.369 e. The molecule has 0 aliphatic heterocycles. The quantitative estimate of drug-likeness (QED) is 0.770. The van der Waals surface area contributed by atoms with Crippen molar-refractivity contribution in [3.05, 3.63) is 54.3 Å². The van der Waals surface area contributed by atoms with Crippen LogP contribution in [0.1, 0.15) is 13.8 Å². The maximum atomic E-state index is 13.1. The first-order chi connectivity index (χ1) is 10.6. The van der Waals surface area contributed by atoms with Crippen LogP contribution < -0.4 is 5.32 Å². The molecule has 0 saturated heterocycles. The van der Waals surface area contributed by atoms with Crippen LogP contribution in [0, 0.1) is 11.7 Å². The van der Waals surface area contributed by atoms with E-state index in [0.717, 1.165) is 28.8 Å². The van der Waals surface area contributed by atoms with E-state index in [4.69, 9.17) is 0 Å². The molecule has 1 N–H and O–H groups in total. The Labute approximate surface area is 129 Å². The molecule has 0 unspecified atom stereocenters. The largest absolute Gasteiger partial charge is 0.369 e. The monoisotopic (exact) mass is 295 g/mol. The third kappa shape index (κ3) is 3.06. The average Bonchev–Trinajstić information content (AvgIpc) is 2.53. The van der Waals surface area contributed by atoms with E-state index in [1.807, 2.05) is 24.3 Å². The van der Waals surface area contributed by atoms with Crippen LogP contribution >= 0.6 is 0 Å². The highest BCUT2D eigenvalue weighted by atomic mass is 19.1. The van der Waals surface area contributed by atoms with Gasteiger partial charge in [0, 0.05) is 17.5 Å². The summed E-state index contributed by atoms with van der Waals surface area (Å²) in [5.41, 5.74) is 1.68. The zero-order valence-electron chi connectivity index (χ0n) is 12.7. The van der Waals surface area contributed by atoms with Gasteiger partial charge >= 0.3 is 0 Å². The van der Waals surface area contributed by atoms with E-state index < -0.39 is 0 Å². The van der Waals surface area contributed by atoms with Gasteiger partial charge in [-0.05, 0) is 42.3 Å². The Balaban J connectivity index is 2.09. The number of hydrogen-bond acceptors (Lipinski definition) is 3. The van der Waals surface area contributed by atoms with Crippen molar-refractivity contribution in [2.24, 2.45) is 5.92 Å². The van der Waals surface area contributed by atoms with Crippen LogP contribution in [0.15, 0.2) is 48.5 Å². The van der Waals surface area contributed by atoms with Gasteiger partial charge in [-0.25, -0.2) is 14.4 Å². The lowest BCUT2D eigenvalue weighted by atomic mass is 10.1. The molecule has 0 aliphatic rings. The summed E-state index contributed by atoms with van der Waals surface area (Å²) in [6, 6.07) is 14.2. The molecule has 4 heteroatoms. The van der Waals surface area contributed by atoms with Crippen LogP contribution in [0.4, 0.5) is 10.2 Å². The van der Waals surface area contributed by atoms with Crippen LogP contribution in [0.25, 0.3) is 22.3 Å². The summed E-state index contributed by atoms with van der Waals surface area (Å²) in [6.07, 6.45) is 0. The second kappa shape index (κ2) is 6.10. The van der Waals surface area contributed by atoms with Crippen LogP contribution in [0.3, 0.4) is 0 Å². The molecular weight excluding hydrogens is 277 g/mol. The summed E-state index contributed by atoms with van der Waals surface area (Å²) in [4.78, 5) is 9.22. The third-order valence-corrected chi connectivity index (χ3v) is 3.38. The molecule has 1 aromatic heterocycles. The number of aromatic nitrogens is 2. The lowest BCUT2D eigenvalue weighted by Crippen LogP contribution is -2.10. The summed E-state index contributed by atoms with van der Waals surface area (Å²) in [5.74, 6) is 1.68. The fourth-order valence-electron chi connectivity index (χ4n) is 2.24. The Morgan fingerprint density at radius 3 is 2.45 bits per heavy atom. The van der Waals surface area contributed by atoms with E-state index in [0.29, 0.717) is 11.7 Å². The molecule has 2 aromatic carbocycles. The molecule has 112 valence electrons. The number of nitrogens with zero attached hydrogens (tertiary/aromatic N) is 2. The van der Waals surface area contributed by atoms with E-state index in [-0.39, 0.29) is 5.82 Å². The second-order valence-electron chi connectivity index (χ2n) is 5.69. The van der Waals surface area contributed by atoms with Crippen LogP contribution in [0.5, 0.6) is 0 Å². The number of fused-ring (bicyclic) bond motifs is 1. The Hall–Kier alpha value is -2.49. The van der Waals surface area contributed by atoms with Crippen LogP contribution in [0.2, 0.25) is 0 Å². The van der Waals surface area contributed by atoms with Gasteiger partial charge < -0.3 is 5.32 Å². The minimum atomic E-state index is -0.261. The maximum Gasteiger partial charge on any atom is 0.162 e. The first kappa shape index (κ1) is 14.4. The molecular formula is C18H18FN3. The van der Waals surface area contributed by atoms with Gasteiger partial charge in [-0.15, -0.1) is 0 Å². The SMILES string of the molecule is CC(C)CNc1nc(-c2ccc(F)cc2)nc2ccccc12. The molecule has 3 nitrogen and oxygen atoms in total. The summed E-state index contributed by atoms with van der Waals surface area (Å²) in [5, 5.41) is 4.38. The third-order valence-electron chi connectivity index (χ3n) is 3.38. The normalized spacial score (nSPS) is 11.1. The van der Waals surface area contributed by atoms with Crippen molar-refractivity contribution in [3.63, 3.8) is 0 Å². The smallest absolute Gasteiger partial charge is 0.162 e. The summed E-state index contributed by atoms with van der Waals surface area (Å²) in [7, 11) is 0. The lowest BCUT2D eigenvalue weighted by Gasteiger charge is -2.12. The van der Waals surface area contributed by atoms with E-state index in [9.17, 15) is 4.39 Å². The highest BCUT2D eigenvalue weighted by molar-refractivity contribution is 5.90. The van der Waals surface area contributed by atoms with E-state index in [1.54, 1.807) is 12.1 Å². The fraction of sp³-hybridized carbons (Fsp3) is 0.222. The van der Waals surface area contributed by atoms with Crippen molar-refractivity contribution in [1.29, 1.82) is 0 Å². The molecule has 3 rings (SSSR count). The minimum absolute atomic E-state index is 0.261. The zero-order valence-corrected chi connectivity index (χ0v) is 12.7. The van der Waals surface area contributed by atoms with Gasteiger partial charge in [0.25, 0.3) is 0 Å². The molecule has 0 atom stereocenters. The van der Waals surface area contributed by atoms with Gasteiger partial charge in [0.15, 0.2) is 5.82 Å². The predicted octanol–water partition coefficient (Wildman–Crippen LogP) is 4.50. The maximum absolute atomic E-state index is 13.1. The number of para-hydroxylation sites is 1. The first-order valence-electron chi connectivity index (χ1n) is 7.40. The number of anilines is 1. The number of halogens is 1. The molecule has 0 radical (unpaired) electrons. The van der Waals surface area contributed by atoms with Crippen molar-refractivity contribution in [2.45, 2.75) is 13.8 Å². The predicted molar refractivity (Wildman–Crippen MR) is 88.3 cm³/mol. The van der Waals surface area contributed by atoms with Crippen LogP contribution in [-0.4, -0.2) is 16.5 Å². The molecule has 0 saturated carbocycles. The lowest BCUT2D eigenvalue weighted by molar-refractivity contribution is 0.628. The van der Waals surface area contributed by atoms with Crippen LogP contribution in [-0.2, 0) is 0 Å². The van der Waals surface area contributed by atoms with Gasteiger partial charge in [-0.3, -0.25) is 0 Å². The van der Waals surface area contributed by atoms with Gasteiger partial charge in [-0.1, -0.05) is 26.0 Å². The highest BCUT2D eigenvalue weighted by Crippen LogP contribution is 2.25. The van der Waals surface area contributed by atoms with Gasteiger partial charge in [0.05, 0.1) is 5.52 Å². The van der Waals surface area contributed by atoms with E-state index in [1.165, 1.54) is 12.1 Å². The Kier molecular flexibility index (Phi) is 4.00. The topological polar surface area (TPSA) is 37.8 Å². The average molecular weight is 295 g/mol. The molecule has 0 amide bonds. The molecule has 3 aromatic rings. The van der Waals surface area contributed by atoms with Gasteiger partial charge in [0.1, 0.15) is 11.6 Å². The van der Waals surface area contributed by atoms with Crippen molar-refractivity contribution in [2.75, 3.05) is 11.9 Å². The molecule has 0 aliphatic carbocycles. The van der Waals surface area contributed by atoms with E-state index >= 15 is 0 Å². The summed E-state index contributed by atoms with van der Waals surface area (Å²) in [6.45, 7) is 5.14. The number of hydrogen-bond donors (Lipinski definition) is 1.